The summed E-state index contributed by atoms with van der Waals surface area (Å²) < 4.78 is 28.9. The van der Waals surface area contributed by atoms with Crippen LogP contribution in [0.15, 0.2) is 24.3 Å². The molecule has 1 saturated carbocycles. The molecule has 0 spiro atoms. The van der Waals surface area contributed by atoms with E-state index in [2.05, 4.69) is 17.9 Å². The van der Waals surface area contributed by atoms with E-state index in [9.17, 15) is 13.7 Å². The predicted octanol–water partition coefficient (Wildman–Crippen LogP) is 4.43. The first kappa shape index (κ1) is 26.2. The van der Waals surface area contributed by atoms with Gasteiger partial charge >= 0.3 is 0 Å². The lowest BCUT2D eigenvalue weighted by atomic mass is 10.1. The Morgan fingerprint density at radius 3 is 2.54 bits per heavy atom. The van der Waals surface area contributed by atoms with E-state index < -0.39 is 10.0 Å². The lowest BCUT2D eigenvalue weighted by Crippen LogP contribution is -2.40. The molecule has 4 aromatic rings. The van der Waals surface area contributed by atoms with E-state index in [1.807, 2.05) is 47.7 Å². The van der Waals surface area contributed by atoms with Gasteiger partial charge in [-0.25, -0.2) is 18.4 Å². The lowest BCUT2D eigenvalue weighted by Gasteiger charge is -2.24. The fourth-order valence-electron chi connectivity index (χ4n) is 5.02. The van der Waals surface area contributed by atoms with E-state index >= 15 is 0 Å². The maximum absolute atomic E-state index is 12.8. The van der Waals surface area contributed by atoms with Crippen molar-refractivity contribution in [3.05, 3.63) is 40.4 Å². The number of aromatic nitrogens is 4. The Kier molecular flexibility index (Phi) is 6.61. The molecule has 2 aliphatic rings. The zero-order valence-corrected chi connectivity index (χ0v) is 24.8. The monoisotopic (exact) mass is 582 g/mol. The van der Waals surface area contributed by atoms with Crippen molar-refractivity contribution in [2.75, 3.05) is 37.0 Å². The Balaban J connectivity index is 1.30. The van der Waals surface area contributed by atoms with E-state index in [0.29, 0.717) is 22.2 Å². The second kappa shape index (κ2) is 9.85. The molecule has 10 nitrogen and oxygen atoms in total. The largest absolute Gasteiger partial charge is 0.345 e. The summed E-state index contributed by atoms with van der Waals surface area (Å²) in [5.41, 5.74) is 3.65. The molecular formula is C26H30N8O2S3. The number of thiazole rings is 1. The number of benzene rings is 1. The molecule has 39 heavy (non-hydrogen) atoms. The molecule has 1 aliphatic heterocycles. The number of fused-ring (bicyclic) bond motifs is 1. The van der Waals surface area contributed by atoms with Crippen LogP contribution in [-0.4, -0.2) is 70.8 Å². The number of hydrogen-bond donors (Lipinski definition) is 0. The van der Waals surface area contributed by atoms with Crippen molar-refractivity contribution in [1.29, 1.82) is 5.26 Å². The molecule has 0 bridgehead atoms. The first-order valence-electron chi connectivity index (χ1n) is 13.0. The average molecular weight is 583 g/mol. The topological polar surface area (TPSA) is 111 Å². The van der Waals surface area contributed by atoms with Crippen LogP contribution in [0, 0.1) is 18.3 Å². The highest BCUT2D eigenvalue weighted by Crippen LogP contribution is 2.39. The van der Waals surface area contributed by atoms with Crippen molar-refractivity contribution in [3.8, 4) is 17.3 Å². The summed E-state index contributed by atoms with van der Waals surface area (Å²) in [6.45, 7) is 5.45. The molecule has 0 radical (unpaired) electrons. The number of aryl methyl sites for hydroxylation is 2. The third kappa shape index (κ3) is 4.59. The van der Waals surface area contributed by atoms with Gasteiger partial charge in [0.2, 0.25) is 20.1 Å². The number of anilines is 3. The highest BCUT2D eigenvalue weighted by Gasteiger charge is 2.42. The fourth-order valence-corrected chi connectivity index (χ4v) is 8.61. The number of sulfonamides is 1. The second-order valence-electron chi connectivity index (χ2n) is 10.2. The van der Waals surface area contributed by atoms with E-state index in [1.54, 1.807) is 11.4 Å². The lowest BCUT2D eigenvalue weighted by molar-refractivity contribution is 0.389. The number of rotatable bonds is 8. The third-order valence-corrected chi connectivity index (χ3v) is 11.9. The minimum absolute atomic E-state index is 0.0555. The molecule has 13 heteroatoms. The van der Waals surface area contributed by atoms with Gasteiger partial charge in [-0.05, 0) is 32.6 Å². The van der Waals surface area contributed by atoms with Gasteiger partial charge < -0.3 is 9.80 Å². The van der Waals surface area contributed by atoms with Gasteiger partial charge in [0.1, 0.15) is 16.6 Å². The van der Waals surface area contributed by atoms with Gasteiger partial charge in [-0.1, -0.05) is 59.4 Å². The Labute approximate surface area is 236 Å². The van der Waals surface area contributed by atoms with Gasteiger partial charge in [-0.2, -0.15) is 14.1 Å². The summed E-state index contributed by atoms with van der Waals surface area (Å²) in [5.74, 6) is 0.827. The smallest absolute Gasteiger partial charge is 0.217 e. The predicted molar refractivity (Wildman–Crippen MR) is 156 cm³/mol. The standard InChI is InChI=1S/C26H30N8O2S3/c1-5-20-23(31(3)24-29-22(21(14-27)37-24)17-8-6-16(2)7-9-17)34-25(28-20)38-26(30-34)33-13-12-18(15-33)32(4)39(35,36)19-10-11-19/h6-9,18-19H,5,10-13,15H2,1-4H3. The van der Waals surface area contributed by atoms with Crippen LogP contribution in [0.3, 0.4) is 0 Å². The van der Waals surface area contributed by atoms with Crippen molar-refractivity contribution in [2.45, 2.75) is 50.8 Å². The second-order valence-corrected chi connectivity index (χ2v) is 14.4. The minimum atomic E-state index is -3.22. The molecular weight excluding hydrogens is 553 g/mol. The Bertz CT molecular complexity index is 1680. The summed E-state index contributed by atoms with van der Waals surface area (Å²) in [7, 11) is 0.433. The van der Waals surface area contributed by atoms with Crippen molar-refractivity contribution in [2.24, 2.45) is 0 Å². The van der Waals surface area contributed by atoms with E-state index in [1.165, 1.54) is 22.7 Å². The van der Waals surface area contributed by atoms with E-state index in [4.69, 9.17) is 15.1 Å². The molecule has 2 fully saturated rings. The van der Waals surface area contributed by atoms with Crippen LogP contribution in [0.5, 0.6) is 0 Å². The molecule has 204 valence electrons. The first-order valence-corrected chi connectivity index (χ1v) is 16.2. The van der Waals surface area contributed by atoms with Gasteiger partial charge in [0.15, 0.2) is 10.9 Å². The zero-order chi connectivity index (χ0) is 27.5. The summed E-state index contributed by atoms with van der Waals surface area (Å²) in [6, 6.07) is 10.3. The Morgan fingerprint density at radius 2 is 1.87 bits per heavy atom. The summed E-state index contributed by atoms with van der Waals surface area (Å²) in [4.78, 5) is 15.2. The van der Waals surface area contributed by atoms with Crippen LogP contribution in [0.2, 0.25) is 0 Å². The van der Waals surface area contributed by atoms with E-state index in [0.717, 1.165) is 65.0 Å². The van der Waals surface area contributed by atoms with Crippen LogP contribution in [0.1, 0.15) is 42.3 Å². The van der Waals surface area contributed by atoms with Crippen molar-refractivity contribution in [1.82, 2.24) is 23.9 Å². The van der Waals surface area contributed by atoms with Crippen LogP contribution in [0.25, 0.3) is 16.2 Å². The first-order chi connectivity index (χ1) is 18.7. The van der Waals surface area contributed by atoms with Gasteiger partial charge in [0, 0.05) is 38.8 Å². The number of likely N-dealkylation sites (N-methyl/N-ethyl adjacent to an activating group) is 1. The van der Waals surface area contributed by atoms with Gasteiger partial charge in [0.25, 0.3) is 0 Å². The summed E-state index contributed by atoms with van der Waals surface area (Å²) in [5, 5.41) is 16.1. The average Bonchev–Trinajstić information content (AvgIpc) is 3.26. The molecule has 4 heterocycles. The quantitative estimate of drug-likeness (QED) is 0.300. The fraction of sp³-hybridized carbons (Fsp3) is 0.462. The van der Waals surface area contributed by atoms with Gasteiger partial charge in [0.05, 0.1) is 10.9 Å². The highest BCUT2D eigenvalue weighted by molar-refractivity contribution is 7.90. The molecule has 3 aromatic heterocycles. The van der Waals surface area contributed by atoms with Crippen LogP contribution < -0.4 is 9.80 Å². The van der Waals surface area contributed by atoms with Crippen LogP contribution >= 0.6 is 22.7 Å². The molecule has 0 N–H and O–H groups in total. The van der Waals surface area contributed by atoms with Gasteiger partial charge in [-0.15, -0.1) is 5.10 Å². The molecule has 1 saturated heterocycles. The molecule has 0 amide bonds. The van der Waals surface area contributed by atoms with Crippen molar-refractivity contribution < 1.29 is 8.42 Å². The number of nitrogens with zero attached hydrogens (tertiary/aromatic N) is 8. The Morgan fingerprint density at radius 1 is 1.13 bits per heavy atom. The number of imidazole rings is 1. The maximum atomic E-state index is 12.8. The molecule has 1 unspecified atom stereocenters. The summed E-state index contributed by atoms with van der Waals surface area (Å²) >= 11 is 2.86. The minimum Gasteiger partial charge on any atom is -0.345 e. The van der Waals surface area contributed by atoms with E-state index in [-0.39, 0.29) is 11.3 Å². The molecule has 1 aliphatic carbocycles. The third-order valence-electron chi connectivity index (χ3n) is 7.52. The SMILES string of the molecule is CCc1nc2sc(N3CCC(N(C)S(=O)(=O)C4CC4)C3)nn2c1N(C)c1nc(-c2ccc(C)cc2)c(C#N)s1. The van der Waals surface area contributed by atoms with Gasteiger partial charge in [-0.3, -0.25) is 0 Å². The summed E-state index contributed by atoms with van der Waals surface area (Å²) in [6.07, 6.45) is 3.03. The van der Waals surface area contributed by atoms with Crippen molar-refractivity contribution in [3.63, 3.8) is 0 Å². The van der Waals surface area contributed by atoms with Crippen molar-refractivity contribution >= 4 is 53.7 Å². The maximum Gasteiger partial charge on any atom is 0.217 e. The molecule has 1 aromatic carbocycles. The normalized spacial score (nSPS) is 17.8. The zero-order valence-electron chi connectivity index (χ0n) is 22.3. The number of hydrogen-bond acceptors (Lipinski definition) is 10. The molecule has 1 atom stereocenters. The highest BCUT2D eigenvalue weighted by atomic mass is 32.2. The Hall–Kier alpha value is -3.05. The molecule has 6 rings (SSSR count). The van der Waals surface area contributed by atoms with Crippen LogP contribution in [-0.2, 0) is 16.4 Å². The number of nitriles is 1. The van der Waals surface area contributed by atoms with Crippen LogP contribution in [0.4, 0.5) is 16.1 Å².